The second-order valence-corrected chi connectivity index (χ2v) is 5.76. The van der Waals surface area contributed by atoms with Crippen LogP contribution in [0.3, 0.4) is 0 Å². The summed E-state index contributed by atoms with van der Waals surface area (Å²) >= 11 is 0. The highest BCUT2D eigenvalue weighted by Crippen LogP contribution is 2.41. The molecule has 0 saturated heterocycles. The second-order valence-electron chi connectivity index (χ2n) is 5.76. The minimum atomic E-state index is -0.530. The molecule has 1 aliphatic rings. The molecule has 0 fully saturated rings. The molecule has 5 nitrogen and oxygen atoms in total. The lowest BCUT2D eigenvalue weighted by Gasteiger charge is -2.18. The molecular weight excluding hydrogens is 254 g/mol. The van der Waals surface area contributed by atoms with Gasteiger partial charge in [-0.25, -0.2) is 0 Å². The van der Waals surface area contributed by atoms with E-state index >= 15 is 0 Å². The summed E-state index contributed by atoms with van der Waals surface area (Å²) in [6.45, 7) is 5.72. The Morgan fingerprint density at radius 2 is 2.10 bits per heavy atom. The maximum absolute atomic E-state index is 12.2. The maximum atomic E-state index is 12.2. The number of carbonyl (C=O) groups excluding carboxylic acids is 2. The van der Waals surface area contributed by atoms with Gasteiger partial charge in [0.05, 0.1) is 18.0 Å². The molecule has 0 aromatic heterocycles. The van der Waals surface area contributed by atoms with Gasteiger partial charge < -0.3 is 16.0 Å². The van der Waals surface area contributed by atoms with Crippen molar-refractivity contribution in [3.05, 3.63) is 29.3 Å². The summed E-state index contributed by atoms with van der Waals surface area (Å²) in [5.74, 6) is -0.103. The topological polar surface area (TPSA) is 75.4 Å². The van der Waals surface area contributed by atoms with Crippen LogP contribution in [0.2, 0.25) is 0 Å². The van der Waals surface area contributed by atoms with Crippen LogP contribution in [-0.2, 0) is 15.0 Å². The summed E-state index contributed by atoms with van der Waals surface area (Å²) in [6, 6.07) is 5.74. The number of nitrogens with one attached hydrogen (secondary N) is 1. The van der Waals surface area contributed by atoms with E-state index in [1.54, 1.807) is 11.9 Å². The molecule has 108 valence electrons. The van der Waals surface area contributed by atoms with Gasteiger partial charge in [-0.1, -0.05) is 12.1 Å². The fraction of sp³-hybridized carbons (Fsp3) is 0.467. The Hall–Kier alpha value is -1.88. The van der Waals surface area contributed by atoms with Gasteiger partial charge in [0.2, 0.25) is 11.8 Å². The number of nitrogens with zero attached hydrogens (tertiary/aromatic N) is 1. The predicted molar refractivity (Wildman–Crippen MR) is 78.5 cm³/mol. The molecule has 0 aliphatic carbocycles. The highest BCUT2D eigenvalue weighted by Gasteiger charge is 2.42. The first-order valence-corrected chi connectivity index (χ1v) is 6.71. The molecule has 2 amide bonds. The number of carbonyl (C=O) groups is 2. The molecule has 1 aromatic rings. The largest absolute Gasteiger partial charge is 0.348 e. The molecular formula is C15H21N3O2. The first-order chi connectivity index (χ1) is 9.28. The van der Waals surface area contributed by atoms with Gasteiger partial charge in [-0.15, -0.1) is 0 Å². The van der Waals surface area contributed by atoms with Crippen LogP contribution in [0.4, 0.5) is 5.69 Å². The zero-order chi connectivity index (χ0) is 15.1. The van der Waals surface area contributed by atoms with Crippen LogP contribution in [0.25, 0.3) is 0 Å². The number of hydrogen-bond donors (Lipinski definition) is 2. The van der Waals surface area contributed by atoms with Crippen LogP contribution in [0, 0.1) is 0 Å². The molecule has 1 aliphatic heterocycles. The Morgan fingerprint density at radius 1 is 1.45 bits per heavy atom. The molecule has 1 unspecified atom stereocenters. The number of benzene rings is 1. The highest BCUT2D eigenvalue weighted by atomic mass is 16.2. The van der Waals surface area contributed by atoms with Crippen molar-refractivity contribution >= 4 is 17.5 Å². The lowest BCUT2D eigenvalue weighted by atomic mass is 9.85. The van der Waals surface area contributed by atoms with E-state index in [0.29, 0.717) is 0 Å². The van der Waals surface area contributed by atoms with Crippen molar-refractivity contribution in [2.75, 3.05) is 18.5 Å². The van der Waals surface area contributed by atoms with Gasteiger partial charge in [-0.3, -0.25) is 9.59 Å². The highest BCUT2D eigenvalue weighted by molar-refractivity contribution is 6.07. The van der Waals surface area contributed by atoms with Crippen LogP contribution in [-0.4, -0.2) is 25.4 Å². The third kappa shape index (κ3) is 2.18. The first-order valence-electron chi connectivity index (χ1n) is 6.71. The monoisotopic (exact) mass is 275 g/mol. The Morgan fingerprint density at radius 3 is 2.70 bits per heavy atom. The molecule has 1 heterocycles. The molecule has 0 bridgehead atoms. The van der Waals surface area contributed by atoms with Crippen LogP contribution in [0.1, 0.15) is 37.9 Å². The van der Waals surface area contributed by atoms with E-state index in [9.17, 15) is 9.59 Å². The average Bonchev–Trinajstić information content (AvgIpc) is 2.60. The molecule has 0 radical (unpaired) electrons. The molecule has 1 aromatic carbocycles. The predicted octanol–water partition coefficient (Wildman–Crippen LogP) is 1.08. The minimum Gasteiger partial charge on any atom is -0.348 e. The van der Waals surface area contributed by atoms with Gasteiger partial charge in [0.25, 0.3) is 0 Å². The molecule has 5 heteroatoms. The molecule has 0 saturated carbocycles. The smallest absolute Gasteiger partial charge is 0.236 e. The summed E-state index contributed by atoms with van der Waals surface area (Å²) in [5.41, 5.74) is 7.68. The van der Waals surface area contributed by atoms with Crippen LogP contribution in [0.5, 0.6) is 0 Å². The Kier molecular flexibility index (Phi) is 3.56. The SMILES string of the molecule is CC(NC(=O)CN)c1ccc2c(c1)C(C)(C)C(=O)N2C. The number of nitrogens with two attached hydrogens (primary N) is 1. The van der Waals surface area contributed by atoms with Crippen molar-refractivity contribution in [3.63, 3.8) is 0 Å². The lowest BCUT2D eigenvalue weighted by molar-refractivity contribution is -0.122. The van der Waals surface area contributed by atoms with Crippen molar-refractivity contribution in [1.82, 2.24) is 5.32 Å². The fourth-order valence-electron chi connectivity index (χ4n) is 2.64. The summed E-state index contributed by atoms with van der Waals surface area (Å²) in [4.78, 5) is 25.3. The lowest BCUT2D eigenvalue weighted by Crippen LogP contribution is -2.33. The summed E-state index contributed by atoms with van der Waals surface area (Å²) < 4.78 is 0. The summed E-state index contributed by atoms with van der Waals surface area (Å²) in [7, 11) is 1.79. The number of fused-ring (bicyclic) bond motifs is 1. The van der Waals surface area contributed by atoms with Gasteiger partial charge in [-0.05, 0) is 38.0 Å². The van der Waals surface area contributed by atoms with Gasteiger partial charge in [0, 0.05) is 12.7 Å². The Labute approximate surface area is 119 Å². The van der Waals surface area contributed by atoms with Crippen LogP contribution >= 0.6 is 0 Å². The van der Waals surface area contributed by atoms with E-state index in [2.05, 4.69) is 5.32 Å². The van der Waals surface area contributed by atoms with Crippen LogP contribution < -0.4 is 16.0 Å². The second kappa shape index (κ2) is 4.90. The van der Waals surface area contributed by atoms with Crippen molar-refractivity contribution in [3.8, 4) is 0 Å². The third-order valence-corrected chi connectivity index (χ3v) is 3.96. The molecule has 3 N–H and O–H groups in total. The normalized spacial score (nSPS) is 17.9. The van der Waals surface area contributed by atoms with E-state index in [-0.39, 0.29) is 24.4 Å². The number of anilines is 1. The van der Waals surface area contributed by atoms with Gasteiger partial charge in [0.15, 0.2) is 0 Å². The average molecular weight is 275 g/mol. The van der Waals surface area contributed by atoms with Gasteiger partial charge in [-0.2, -0.15) is 0 Å². The van der Waals surface area contributed by atoms with Crippen molar-refractivity contribution in [2.24, 2.45) is 5.73 Å². The first kappa shape index (κ1) is 14.5. The van der Waals surface area contributed by atoms with E-state index in [4.69, 9.17) is 5.73 Å². The molecule has 2 rings (SSSR count). The zero-order valence-electron chi connectivity index (χ0n) is 12.4. The standard InChI is InChI=1S/C15H21N3O2/c1-9(17-13(19)8-16)10-5-6-12-11(7-10)15(2,3)14(20)18(12)4/h5-7,9H,8,16H2,1-4H3,(H,17,19). The van der Waals surface area contributed by atoms with E-state index in [1.807, 2.05) is 39.0 Å². The van der Waals surface area contributed by atoms with E-state index < -0.39 is 5.41 Å². The zero-order valence-corrected chi connectivity index (χ0v) is 12.4. The Balaban J connectivity index is 2.36. The van der Waals surface area contributed by atoms with E-state index in [1.165, 1.54) is 0 Å². The molecule has 20 heavy (non-hydrogen) atoms. The fourth-order valence-corrected chi connectivity index (χ4v) is 2.64. The van der Waals surface area contributed by atoms with Crippen molar-refractivity contribution in [1.29, 1.82) is 0 Å². The number of hydrogen-bond acceptors (Lipinski definition) is 3. The minimum absolute atomic E-state index is 0.0258. The number of amides is 2. The third-order valence-electron chi connectivity index (χ3n) is 3.96. The number of likely N-dealkylation sites (N-methyl/N-ethyl adjacent to an activating group) is 1. The van der Waals surface area contributed by atoms with Gasteiger partial charge >= 0.3 is 0 Å². The van der Waals surface area contributed by atoms with Gasteiger partial charge in [0.1, 0.15) is 0 Å². The Bertz CT molecular complexity index is 566. The molecule has 1 atom stereocenters. The van der Waals surface area contributed by atoms with Crippen molar-refractivity contribution in [2.45, 2.75) is 32.2 Å². The van der Waals surface area contributed by atoms with E-state index in [0.717, 1.165) is 16.8 Å². The number of rotatable bonds is 3. The maximum Gasteiger partial charge on any atom is 0.236 e. The van der Waals surface area contributed by atoms with Crippen LogP contribution in [0.15, 0.2) is 18.2 Å². The molecule has 0 spiro atoms. The summed E-state index contributed by atoms with van der Waals surface area (Å²) in [6.07, 6.45) is 0. The van der Waals surface area contributed by atoms with Crippen molar-refractivity contribution < 1.29 is 9.59 Å². The summed E-state index contributed by atoms with van der Waals surface area (Å²) in [5, 5.41) is 2.82. The quantitative estimate of drug-likeness (QED) is 0.866.